The summed E-state index contributed by atoms with van der Waals surface area (Å²) in [6, 6.07) is 0. The van der Waals surface area contributed by atoms with Gasteiger partial charge in [-0.2, -0.15) is 0 Å². The maximum absolute atomic E-state index is 5.06. The molecule has 0 spiro atoms. The lowest BCUT2D eigenvalue weighted by atomic mass is 10.1. The van der Waals surface area contributed by atoms with E-state index in [1.165, 1.54) is 0 Å². The van der Waals surface area contributed by atoms with Crippen LogP contribution in [0.1, 0.15) is 13.8 Å². The lowest BCUT2D eigenvalue weighted by Crippen LogP contribution is -2.32. The molecule has 0 rings (SSSR count). The molecule has 0 aliphatic rings. The molecule has 0 amide bonds. The van der Waals surface area contributed by atoms with Crippen LogP contribution in [-0.2, 0) is 0 Å². The van der Waals surface area contributed by atoms with Gasteiger partial charge in [-0.25, -0.2) is 0 Å². The zero-order valence-electron chi connectivity index (χ0n) is 4.78. The van der Waals surface area contributed by atoms with Crippen LogP contribution in [0.2, 0.25) is 0 Å². The molecular formula is C6H10N. The number of hydrogen-bond acceptors (Lipinski definition) is 1. The Hall–Kier alpha value is -0.480. The highest BCUT2D eigenvalue weighted by Gasteiger charge is 2.06. The van der Waals surface area contributed by atoms with Crippen LogP contribution in [0, 0.1) is 19.4 Å². The molecule has 0 aliphatic heterocycles. The third-order valence-electron chi connectivity index (χ3n) is 0.803. The van der Waals surface area contributed by atoms with Crippen LogP contribution in [0.15, 0.2) is 0 Å². The third-order valence-corrected chi connectivity index (χ3v) is 0.803. The van der Waals surface area contributed by atoms with Crippen molar-refractivity contribution < 1.29 is 0 Å². The molecule has 1 N–H and O–H groups in total. The molecule has 1 radical (unpaired) electrons. The zero-order valence-corrected chi connectivity index (χ0v) is 4.78. The maximum Gasteiger partial charge on any atom is 0.0741 e. The Morgan fingerprint density at radius 2 is 2.14 bits per heavy atom. The Labute approximate surface area is 45.1 Å². The number of hydrogen-bond donors (Lipinski definition) is 1. The molecule has 0 saturated carbocycles. The predicted molar refractivity (Wildman–Crippen MR) is 31.4 cm³/mol. The van der Waals surface area contributed by atoms with E-state index in [2.05, 4.69) is 18.3 Å². The van der Waals surface area contributed by atoms with Crippen molar-refractivity contribution in [3.8, 4) is 12.3 Å². The zero-order chi connectivity index (χ0) is 5.91. The van der Waals surface area contributed by atoms with Gasteiger partial charge in [0.15, 0.2) is 0 Å². The Bertz CT molecular complexity index is 86.8. The third kappa shape index (κ3) is 2.24. The van der Waals surface area contributed by atoms with Crippen LogP contribution in [-0.4, -0.2) is 5.54 Å². The molecule has 0 saturated heterocycles. The molecule has 0 aromatic rings. The molecule has 1 heteroatoms. The van der Waals surface area contributed by atoms with Gasteiger partial charge in [0.25, 0.3) is 0 Å². The highest BCUT2D eigenvalue weighted by molar-refractivity contribution is 5.06. The molecule has 0 fully saturated rings. The summed E-state index contributed by atoms with van der Waals surface area (Å²) in [6.45, 7) is 3.78. The molecule has 0 heterocycles. The molecule has 1 nitrogen and oxygen atoms in total. The molecule has 7 heavy (non-hydrogen) atoms. The van der Waals surface area contributed by atoms with Crippen molar-refractivity contribution in [1.29, 1.82) is 0 Å². The average Bonchev–Trinajstić information content (AvgIpc) is 1.68. The smallest absolute Gasteiger partial charge is 0.0741 e. The molecular weight excluding hydrogens is 86.1 g/mol. The van der Waals surface area contributed by atoms with Crippen LogP contribution in [0.3, 0.4) is 0 Å². The number of terminal acetylenes is 1. The van der Waals surface area contributed by atoms with Gasteiger partial charge in [0, 0.05) is 7.05 Å². The second-order valence-electron chi connectivity index (χ2n) is 1.95. The van der Waals surface area contributed by atoms with E-state index < -0.39 is 0 Å². The number of nitrogens with one attached hydrogen (secondary N) is 1. The van der Waals surface area contributed by atoms with Gasteiger partial charge in [-0.15, -0.1) is 6.42 Å². The molecule has 39 valence electrons. The van der Waals surface area contributed by atoms with E-state index in [0.717, 1.165) is 0 Å². The fourth-order valence-electron chi connectivity index (χ4n) is 0.0510. The molecule has 0 aromatic heterocycles. The largest absolute Gasteiger partial charge is 0.300 e. The first kappa shape index (κ1) is 6.52. The lowest BCUT2D eigenvalue weighted by Gasteiger charge is -2.14. The molecule has 0 aromatic carbocycles. The summed E-state index contributed by atoms with van der Waals surface area (Å²) in [5.74, 6) is 2.52. The van der Waals surface area contributed by atoms with Gasteiger partial charge >= 0.3 is 0 Å². The normalized spacial score (nSPS) is 10.6. The van der Waals surface area contributed by atoms with Crippen molar-refractivity contribution in [2.45, 2.75) is 19.4 Å². The van der Waals surface area contributed by atoms with Gasteiger partial charge in [-0.05, 0) is 13.8 Å². The summed E-state index contributed by atoms with van der Waals surface area (Å²) in [6.07, 6.45) is 5.06. The topological polar surface area (TPSA) is 12.0 Å². The van der Waals surface area contributed by atoms with E-state index in [-0.39, 0.29) is 5.54 Å². The minimum Gasteiger partial charge on any atom is -0.300 e. The average molecular weight is 96.2 g/mol. The summed E-state index contributed by atoms with van der Waals surface area (Å²) in [5.41, 5.74) is -0.250. The van der Waals surface area contributed by atoms with Crippen LogP contribution in [0.4, 0.5) is 0 Å². The van der Waals surface area contributed by atoms with E-state index in [0.29, 0.717) is 0 Å². The first-order valence-electron chi connectivity index (χ1n) is 2.14. The first-order valence-corrected chi connectivity index (χ1v) is 2.14. The minimum atomic E-state index is -0.250. The van der Waals surface area contributed by atoms with E-state index in [1.54, 1.807) is 0 Å². The monoisotopic (exact) mass is 96.1 g/mol. The van der Waals surface area contributed by atoms with Gasteiger partial charge in [0.1, 0.15) is 0 Å². The van der Waals surface area contributed by atoms with Gasteiger partial charge in [0.2, 0.25) is 0 Å². The summed E-state index contributed by atoms with van der Waals surface area (Å²) in [5, 5.41) is 2.70. The van der Waals surface area contributed by atoms with Crippen molar-refractivity contribution >= 4 is 0 Å². The van der Waals surface area contributed by atoms with Crippen molar-refractivity contribution in [3.63, 3.8) is 0 Å². The Balaban J connectivity index is 3.66. The fourth-order valence-corrected chi connectivity index (χ4v) is 0.0510. The van der Waals surface area contributed by atoms with Gasteiger partial charge in [-0.1, -0.05) is 5.92 Å². The Morgan fingerprint density at radius 3 is 2.14 bits per heavy atom. The van der Waals surface area contributed by atoms with Crippen molar-refractivity contribution in [2.24, 2.45) is 0 Å². The first-order chi connectivity index (χ1) is 3.12. The summed E-state index contributed by atoms with van der Waals surface area (Å²) < 4.78 is 0. The van der Waals surface area contributed by atoms with E-state index >= 15 is 0 Å². The summed E-state index contributed by atoms with van der Waals surface area (Å²) in [4.78, 5) is 0. The Morgan fingerprint density at radius 1 is 1.71 bits per heavy atom. The van der Waals surface area contributed by atoms with E-state index in [4.69, 9.17) is 6.42 Å². The quantitative estimate of drug-likeness (QED) is 0.476. The fraction of sp³-hybridized carbons (Fsp3) is 0.500. The molecule has 0 atom stereocenters. The van der Waals surface area contributed by atoms with E-state index in [9.17, 15) is 0 Å². The Kier molecular flexibility index (Phi) is 1.86. The van der Waals surface area contributed by atoms with Crippen LogP contribution in [0.5, 0.6) is 0 Å². The second-order valence-corrected chi connectivity index (χ2v) is 1.95. The number of rotatable bonds is 1. The van der Waals surface area contributed by atoms with Gasteiger partial charge in [0.05, 0.1) is 5.54 Å². The van der Waals surface area contributed by atoms with Crippen LogP contribution in [0.25, 0.3) is 0 Å². The minimum absolute atomic E-state index is 0.250. The van der Waals surface area contributed by atoms with Crippen LogP contribution >= 0.6 is 0 Å². The molecule has 0 unspecified atom stereocenters. The highest BCUT2D eigenvalue weighted by Crippen LogP contribution is 1.95. The molecule has 0 bridgehead atoms. The van der Waals surface area contributed by atoms with Gasteiger partial charge in [-0.3, -0.25) is 0 Å². The maximum atomic E-state index is 5.06. The van der Waals surface area contributed by atoms with Crippen molar-refractivity contribution in [1.82, 2.24) is 5.32 Å². The standard InChI is InChI=1S/C6H10N/c1-5-6(2,3)7-4/h1,7H,4H2,2-3H3. The SMILES string of the molecule is C#CC(C)(C)N[CH2]. The molecule has 0 aliphatic carbocycles. The van der Waals surface area contributed by atoms with Crippen LogP contribution < -0.4 is 5.32 Å². The van der Waals surface area contributed by atoms with Gasteiger partial charge < -0.3 is 5.32 Å². The lowest BCUT2D eigenvalue weighted by molar-refractivity contribution is 0.572. The highest BCUT2D eigenvalue weighted by atomic mass is 14.9. The summed E-state index contributed by atoms with van der Waals surface area (Å²) in [7, 11) is 3.44. The summed E-state index contributed by atoms with van der Waals surface area (Å²) >= 11 is 0. The van der Waals surface area contributed by atoms with Crippen molar-refractivity contribution in [2.75, 3.05) is 0 Å². The second kappa shape index (κ2) is 1.99. The van der Waals surface area contributed by atoms with Crippen molar-refractivity contribution in [3.05, 3.63) is 7.05 Å². The van der Waals surface area contributed by atoms with E-state index in [1.807, 2.05) is 13.8 Å². The predicted octanol–water partition coefficient (Wildman–Crippen LogP) is 0.779.